The zero-order valence-electron chi connectivity index (χ0n) is 13.1. The lowest BCUT2D eigenvalue weighted by Crippen LogP contribution is -2.31. The van der Waals surface area contributed by atoms with E-state index < -0.39 is 17.1 Å². The number of nitrogens with zero attached hydrogens (tertiary/aromatic N) is 2. The third-order valence-corrected chi connectivity index (χ3v) is 5.46. The Morgan fingerprint density at radius 3 is 2.80 bits per heavy atom. The fourth-order valence-electron chi connectivity index (χ4n) is 2.53. The summed E-state index contributed by atoms with van der Waals surface area (Å²) in [7, 11) is 0. The molecule has 2 aromatic rings. The first-order valence-electron chi connectivity index (χ1n) is 7.35. The quantitative estimate of drug-likeness (QED) is 0.757. The van der Waals surface area contributed by atoms with Gasteiger partial charge in [0.2, 0.25) is 11.8 Å². The van der Waals surface area contributed by atoms with Crippen molar-refractivity contribution in [2.45, 2.75) is 23.6 Å². The minimum absolute atomic E-state index is 0.0587. The van der Waals surface area contributed by atoms with Crippen LogP contribution in [0.15, 0.2) is 41.6 Å². The van der Waals surface area contributed by atoms with Gasteiger partial charge in [0.15, 0.2) is 0 Å². The molecule has 0 saturated carbocycles. The zero-order chi connectivity index (χ0) is 18.1. The van der Waals surface area contributed by atoms with Crippen LogP contribution >= 0.6 is 23.4 Å². The third-order valence-electron chi connectivity index (χ3n) is 3.76. The van der Waals surface area contributed by atoms with Gasteiger partial charge < -0.3 is 9.90 Å². The number of hydrogen-bond acceptors (Lipinski definition) is 6. The minimum atomic E-state index is -1.38. The molecule has 1 aromatic carbocycles. The molecule has 2 heterocycles. The summed E-state index contributed by atoms with van der Waals surface area (Å²) in [6, 6.07) is 7.91. The maximum absolute atomic E-state index is 12.7. The first-order valence-corrected chi connectivity index (χ1v) is 8.61. The number of benzene rings is 1. The lowest BCUT2D eigenvalue weighted by atomic mass is 10.2. The van der Waals surface area contributed by atoms with E-state index in [2.05, 4.69) is 4.98 Å². The molecule has 1 atom stereocenters. The summed E-state index contributed by atoms with van der Waals surface area (Å²) in [5.41, 5.74) is 0.973. The van der Waals surface area contributed by atoms with E-state index in [1.807, 2.05) is 0 Å². The van der Waals surface area contributed by atoms with Crippen molar-refractivity contribution in [1.29, 1.82) is 0 Å². The summed E-state index contributed by atoms with van der Waals surface area (Å²) in [6.07, 6.45) is 1.36. The molecule has 1 saturated heterocycles. The Balaban J connectivity index is 1.90. The highest BCUT2D eigenvalue weighted by atomic mass is 35.5. The highest BCUT2D eigenvalue weighted by Crippen LogP contribution is 2.37. The summed E-state index contributed by atoms with van der Waals surface area (Å²) in [6.45, 7) is 1.78. The predicted molar refractivity (Wildman–Crippen MR) is 91.5 cm³/mol. The van der Waals surface area contributed by atoms with Crippen molar-refractivity contribution in [1.82, 2.24) is 4.98 Å². The van der Waals surface area contributed by atoms with Gasteiger partial charge in [0.05, 0.1) is 21.9 Å². The van der Waals surface area contributed by atoms with Crippen LogP contribution in [0.1, 0.15) is 22.3 Å². The van der Waals surface area contributed by atoms with Crippen LogP contribution in [-0.4, -0.2) is 28.0 Å². The number of thioether (sulfide) groups is 1. The number of halogens is 1. The molecule has 0 spiro atoms. The molecule has 3 rings (SSSR count). The van der Waals surface area contributed by atoms with Crippen LogP contribution in [0.4, 0.5) is 5.69 Å². The number of aromatic carboxylic acids is 1. The van der Waals surface area contributed by atoms with Crippen LogP contribution in [0.2, 0.25) is 5.02 Å². The highest BCUT2D eigenvalue weighted by Gasteiger charge is 2.41. The monoisotopic (exact) mass is 375 g/mol. The molecular weight excluding hydrogens is 364 g/mol. The fraction of sp³-hybridized carbons (Fsp3) is 0.176. The number of hydrogen-bond donors (Lipinski definition) is 0. The standard InChI is InChI=1S/C17H13ClN2O4S/c1-9-4-2-6-11(14(9)18)20-13(21)8-12(16(20)22)25-15-10(17(23)24)5-3-7-19-15/h2-7,12H,8H2,1H3,(H,23,24)/p-1/t12-/m0/s1. The molecule has 0 radical (unpaired) electrons. The van der Waals surface area contributed by atoms with E-state index in [0.29, 0.717) is 10.7 Å². The molecule has 0 unspecified atom stereocenters. The summed E-state index contributed by atoms with van der Waals surface area (Å²) in [4.78, 5) is 41.3. The lowest BCUT2D eigenvalue weighted by Gasteiger charge is -2.17. The zero-order valence-corrected chi connectivity index (χ0v) is 14.6. The van der Waals surface area contributed by atoms with Gasteiger partial charge in [-0.2, -0.15) is 0 Å². The van der Waals surface area contributed by atoms with Gasteiger partial charge >= 0.3 is 0 Å². The molecule has 8 heteroatoms. The molecular formula is C17H12ClN2O4S-. The van der Waals surface area contributed by atoms with Gasteiger partial charge in [-0.1, -0.05) is 35.5 Å². The molecule has 6 nitrogen and oxygen atoms in total. The summed E-state index contributed by atoms with van der Waals surface area (Å²) < 4.78 is 0. The molecule has 0 bridgehead atoms. The van der Waals surface area contributed by atoms with E-state index in [1.54, 1.807) is 25.1 Å². The first kappa shape index (κ1) is 17.4. The fourth-order valence-corrected chi connectivity index (χ4v) is 3.84. The van der Waals surface area contributed by atoms with Gasteiger partial charge in [0.1, 0.15) is 5.03 Å². The van der Waals surface area contributed by atoms with Crippen molar-refractivity contribution in [3.8, 4) is 0 Å². The van der Waals surface area contributed by atoms with Crippen molar-refractivity contribution in [3.05, 3.63) is 52.7 Å². The predicted octanol–water partition coefficient (Wildman–Crippen LogP) is 1.83. The smallest absolute Gasteiger partial charge is 0.247 e. The van der Waals surface area contributed by atoms with Crippen molar-refractivity contribution in [2.24, 2.45) is 0 Å². The van der Waals surface area contributed by atoms with Crippen LogP contribution < -0.4 is 10.0 Å². The number of imide groups is 1. The van der Waals surface area contributed by atoms with E-state index in [0.717, 1.165) is 22.2 Å². The van der Waals surface area contributed by atoms with Crippen LogP contribution in [0.25, 0.3) is 0 Å². The molecule has 2 amide bonds. The largest absolute Gasteiger partial charge is 0.545 e. The Morgan fingerprint density at radius 2 is 2.08 bits per heavy atom. The van der Waals surface area contributed by atoms with Crippen molar-refractivity contribution in [3.63, 3.8) is 0 Å². The summed E-state index contributed by atoms with van der Waals surface area (Å²) in [5, 5.41) is 10.9. The highest BCUT2D eigenvalue weighted by molar-refractivity contribution is 8.00. The van der Waals surface area contributed by atoms with Crippen LogP contribution in [0.5, 0.6) is 0 Å². The molecule has 128 valence electrons. The van der Waals surface area contributed by atoms with Gasteiger partial charge in [-0.25, -0.2) is 9.88 Å². The number of amides is 2. The van der Waals surface area contributed by atoms with Crippen molar-refractivity contribution >= 4 is 46.8 Å². The Bertz CT molecular complexity index is 887. The van der Waals surface area contributed by atoms with Gasteiger partial charge in [0.25, 0.3) is 0 Å². The Kier molecular flexibility index (Phi) is 4.78. The Morgan fingerprint density at radius 1 is 1.32 bits per heavy atom. The normalized spacial score (nSPS) is 17.2. The minimum Gasteiger partial charge on any atom is -0.545 e. The number of aryl methyl sites for hydroxylation is 1. The number of carboxylic acids is 1. The average Bonchev–Trinajstić information content (AvgIpc) is 2.85. The van der Waals surface area contributed by atoms with E-state index in [-0.39, 0.29) is 22.9 Å². The van der Waals surface area contributed by atoms with E-state index >= 15 is 0 Å². The van der Waals surface area contributed by atoms with Gasteiger partial charge in [-0.15, -0.1) is 0 Å². The van der Waals surface area contributed by atoms with E-state index in [9.17, 15) is 19.5 Å². The van der Waals surface area contributed by atoms with Gasteiger partial charge in [-0.3, -0.25) is 9.59 Å². The summed E-state index contributed by atoms with van der Waals surface area (Å²) >= 11 is 7.17. The molecule has 1 fully saturated rings. The second kappa shape index (κ2) is 6.85. The second-order valence-electron chi connectivity index (χ2n) is 5.43. The van der Waals surface area contributed by atoms with Crippen molar-refractivity contribution in [2.75, 3.05) is 4.90 Å². The third kappa shape index (κ3) is 3.25. The number of rotatable bonds is 4. The number of carbonyl (C=O) groups is 3. The molecule has 1 aromatic heterocycles. The van der Waals surface area contributed by atoms with Crippen LogP contribution in [-0.2, 0) is 9.59 Å². The van der Waals surface area contributed by atoms with E-state index in [1.165, 1.54) is 18.3 Å². The Hall–Kier alpha value is -2.38. The molecule has 1 aliphatic heterocycles. The second-order valence-corrected chi connectivity index (χ2v) is 7.00. The summed E-state index contributed by atoms with van der Waals surface area (Å²) in [5.74, 6) is -2.22. The maximum Gasteiger partial charge on any atom is 0.247 e. The van der Waals surface area contributed by atoms with Gasteiger partial charge in [-0.05, 0) is 30.7 Å². The number of carboxylic acid groups (broad SMARTS) is 1. The van der Waals surface area contributed by atoms with Crippen LogP contribution in [0, 0.1) is 6.92 Å². The van der Waals surface area contributed by atoms with Gasteiger partial charge in [0, 0.05) is 18.2 Å². The molecule has 0 aliphatic carbocycles. The number of aromatic nitrogens is 1. The van der Waals surface area contributed by atoms with E-state index in [4.69, 9.17) is 11.6 Å². The van der Waals surface area contributed by atoms with Crippen LogP contribution in [0.3, 0.4) is 0 Å². The SMILES string of the molecule is Cc1cccc(N2C(=O)C[C@H](Sc3ncccc3C(=O)[O-])C2=O)c1Cl. The number of anilines is 1. The molecule has 1 aliphatic rings. The lowest BCUT2D eigenvalue weighted by molar-refractivity contribution is -0.255. The maximum atomic E-state index is 12.7. The number of carbonyl (C=O) groups excluding carboxylic acids is 3. The molecule has 25 heavy (non-hydrogen) atoms. The first-order chi connectivity index (χ1) is 11.9. The topological polar surface area (TPSA) is 90.4 Å². The Labute approximate surface area is 152 Å². The van der Waals surface area contributed by atoms with Crippen molar-refractivity contribution < 1.29 is 19.5 Å². The number of pyridine rings is 1. The molecule has 0 N–H and O–H groups in total. The average molecular weight is 376 g/mol.